The summed E-state index contributed by atoms with van der Waals surface area (Å²) in [7, 11) is 0. The highest BCUT2D eigenvalue weighted by atomic mass is 32.1. The molecule has 0 radical (unpaired) electrons. The summed E-state index contributed by atoms with van der Waals surface area (Å²) in [6, 6.07) is 15.0. The third kappa shape index (κ3) is 4.12. The Bertz CT molecular complexity index is 927. The number of hydrogen-bond donors (Lipinski definition) is 2. The molecule has 1 aromatic heterocycles. The van der Waals surface area contributed by atoms with Gasteiger partial charge in [0.25, 0.3) is 11.8 Å². The van der Waals surface area contributed by atoms with Crippen LogP contribution in [0.2, 0.25) is 0 Å². The van der Waals surface area contributed by atoms with Gasteiger partial charge >= 0.3 is 0 Å². The van der Waals surface area contributed by atoms with Gasteiger partial charge in [-0.25, -0.2) is 9.37 Å². The first-order valence-electron chi connectivity index (χ1n) is 7.92. The zero-order chi connectivity index (χ0) is 18.5. The lowest BCUT2D eigenvalue weighted by molar-refractivity contribution is 0.0934. The predicted molar refractivity (Wildman–Crippen MR) is 98.8 cm³/mol. The molecule has 0 aliphatic carbocycles. The quantitative estimate of drug-likeness (QED) is 0.713. The number of halogens is 1. The van der Waals surface area contributed by atoms with Gasteiger partial charge in [-0.05, 0) is 24.6 Å². The van der Waals surface area contributed by atoms with Crippen LogP contribution in [-0.4, -0.2) is 16.8 Å². The van der Waals surface area contributed by atoms with Gasteiger partial charge in [-0.15, -0.1) is 11.3 Å². The van der Waals surface area contributed by atoms with E-state index in [1.54, 1.807) is 11.4 Å². The van der Waals surface area contributed by atoms with E-state index in [2.05, 4.69) is 15.6 Å². The Kier molecular flexibility index (Phi) is 5.38. The van der Waals surface area contributed by atoms with Crippen LogP contribution < -0.4 is 10.6 Å². The predicted octanol–water partition coefficient (Wildman–Crippen LogP) is 4.03. The Hall–Kier alpha value is -3.06. The van der Waals surface area contributed by atoms with E-state index in [1.807, 2.05) is 37.3 Å². The van der Waals surface area contributed by atoms with E-state index in [9.17, 15) is 14.0 Å². The lowest BCUT2D eigenvalue weighted by Crippen LogP contribution is -2.27. The van der Waals surface area contributed by atoms with Crippen molar-refractivity contribution in [3.8, 4) is 0 Å². The summed E-state index contributed by atoms with van der Waals surface area (Å²) in [5.41, 5.74) is 1.09. The summed E-state index contributed by atoms with van der Waals surface area (Å²) < 4.78 is 13.6. The van der Waals surface area contributed by atoms with Crippen molar-refractivity contribution in [2.45, 2.75) is 13.0 Å². The molecule has 0 unspecified atom stereocenters. The minimum atomic E-state index is -0.615. The molecule has 2 N–H and O–H groups in total. The number of carbonyl (C=O) groups excluding carboxylic acids is 2. The Morgan fingerprint density at radius 2 is 1.73 bits per heavy atom. The second-order valence-corrected chi connectivity index (χ2v) is 6.44. The van der Waals surface area contributed by atoms with Crippen molar-refractivity contribution < 1.29 is 14.0 Å². The van der Waals surface area contributed by atoms with Crippen molar-refractivity contribution in [1.82, 2.24) is 10.3 Å². The van der Waals surface area contributed by atoms with Crippen molar-refractivity contribution >= 4 is 28.3 Å². The second-order valence-electron chi connectivity index (χ2n) is 5.58. The minimum absolute atomic E-state index is 0.0774. The maximum absolute atomic E-state index is 13.6. The van der Waals surface area contributed by atoms with Crippen molar-refractivity contribution in [3.63, 3.8) is 0 Å². The van der Waals surface area contributed by atoms with Crippen molar-refractivity contribution in [1.29, 1.82) is 0 Å². The number of anilines is 1. The molecule has 0 saturated carbocycles. The van der Waals surface area contributed by atoms with Gasteiger partial charge in [-0.3, -0.25) is 14.9 Å². The fraction of sp³-hybridized carbons (Fsp3) is 0.105. The number of rotatable bonds is 5. The number of amides is 2. The largest absolute Gasteiger partial charge is 0.344 e. The lowest BCUT2D eigenvalue weighted by atomic mass is 10.1. The SMILES string of the molecule is C[C@@H](NC(=O)c1csc(NC(=O)c2ccccc2F)n1)c1ccccc1. The van der Waals surface area contributed by atoms with Crippen LogP contribution in [0.25, 0.3) is 0 Å². The molecule has 0 fully saturated rings. The number of hydrogen-bond acceptors (Lipinski definition) is 4. The molecule has 132 valence electrons. The first-order chi connectivity index (χ1) is 12.5. The summed E-state index contributed by atoms with van der Waals surface area (Å²) in [5, 5.41) is 7.14. The molecule has 26 heavy (non-hydrogen) atoms. The van der Waals surface area contributed by atoms with Crippen LogP contribution in [0, 0.1) is 5.82 Å². The van der Waals surface area contributed by atoms with E-state index in [0.29, 0.717) is 0 Å². The standard InChI is InChI=1S/C19H16FN3O2S/c1-12(13-7-3-2-4-8-13)21-18(25)16-11-26-19(22-16)23-17(24)14-9-5-6-10-15(14)20/h2-12H,1H3,(H,21,25)(H,22,23,24)/t12-/m1/s1. The van der Waals surface area contributed by atoms with Gasteiger partial charge in [0.05, 0.1) is 11.6 Å². The van der Waals surface area contributed by atoms with Gasteiger partial charge in [-0.2, -0.15) is 0 Å². The summed E-state index contributed by atoms with van der Waals surface area (Å²) in [6.07, 6.45) is 0. The zero-order valence-electron chi connectivity index (χ0n) is 13.9. The smallest absolute Gasteiger partial charge is 0.271 e. The normalized spacial score (nSPS) is 11.6. The van der Waals surface area contributed by atoms with E-state index in [0.717, 1.165) is 16.9 Å². The number of nitrogens with one attached hydrogen (secondary N) is 2. The molecule has 1 atom stereocenters. The molecule has 7 heteroatoms. The van der Waals surface area contributed by atoms with E-state index < -0.39 is 11.7 Å². The van der Waals surface area contributed by atoms with Crippen molar-refractivity contribution in [2.75, 3.05) is 5.32 Å². The van der Waals surface area contributed by atoms with Crippen molar-refractivity contribution in [2.24, 2.45) is 0 Å². The molecule has 0 spiro atoms. The Morgan fingerprint density at radius 1 is 1.04 bits per heavy atom. The maximum atomic E-state index is 13.6. The summed E-state index contributed by atoms with van der Waals surface area (Å²) in [4.78, 5) is 28.5. The highest BCUT2D eigenvalue weighted by molar-refractivity contribution is 7.14. The zero-order valence-corrected chi connectivity index (χ0v) is 14.7. The molecule has 5 nitrogen and oxygen atoms in total. The first kappa shape index (κ1) is 17.8. The van der Waals surface area contributed by atoms with E-state index in [1.165, 1.54) is 18.2 Å². The van der Waals surface area contributed by atoms with Gasteiger partial charge in [0.2, 0.25) is 0 Å². The first-order valence-corrected chi connectivity index (χ1v) is 8.80. The average Bonchev–Trinajstić information content (AvgIpc) is 3.11. The molecule has 3 rings (SSSR count). The third-order valence-corrected chi connectivity index (χ3v) is 4.48. The van der Waals surface area contributed by atoms with E-state index >= 15 is 0 Å². The number of benzene rings is 2. The molecule has 1 heterocycles. The van der Waals surface area contributed by atoms with Gasteiger partial charge in [0.15, 0.2) is 5.13 Å². The molecule has 2 aromatic carbocycles. The van der Waals surface area contributed by atoms with Crippen LogP contribution in [0.1, 0.15) is 39.4 Å². The maximum Gasteiger partial charge on any atom is 0.271 e. The van der Waals surface area contributed by atoms with E-state index in [4.69, 9.17) is 0 Å². The average molecular weight is 369 g/mol. The molecular formula is C19H16FN3O2S. The van der Waals surface area contributed by atoms with Crippen LogP contribution >= 0.6 is 11.3 Å². The van der Waals surface area contributed by atoms with Gasteiger partial charge < -0.3 is 5.32 Å². The molecule has 2 amide bonds. The lowest BCUT2D eigenvalue weighted by Gasteiger charge is -2.13. The highest BCUT2D eigenvalue weighted by Crippen LogP contribution is 2.19. The highest BCUT2D eigenvalue weighted by Gasteiger charge is 2.17. The van der Waals surface area contributed by atoms with Crippen molar-refractivity contribution in [3.05, 3.63) is 82.6 Å². The van der Waals surface area contributed by atoms with Crippen LogP contribution in [0.4, 0.5) is 9.52 Å². The van der Waals surface area contributed by atoms with Crippen LogP contribution in [0.15, 0.2) is 60.0 Å². The topological polar surface area (TPSA) is 71.1 Å². The van der Waals surface area contributed by atoms with E-state index in [-0.39, 0.29) is 28.3 Å². The van der Waals surface area contributed by atoms with Gasteiger partial charge in [0.1, 0.15) is 11.5 Å². The molecule has 0 aliphatic heterocycles. The number of thiazole rings is 1. The summed E-state index contributed by atoms with van der Waals surface area (Å²) in [6.45, 7) is 1.88. The molecule has 0 aliphatic rings. The fourth-order valence-electron chi connectivity index (χ4n) is 2.34. The van der Waals surface area contributed by atoms with Crippen LogP contribution in [-0.2, 0) is 0 Å². The number of carbonyl (C=O) groups is 2. The molecule has 3 aromatic rings. The summed E-state index contributed by atoms with van der Waals surface area (Å²) in [5.74, 6) is -1.57. The molecule has 0 bridgehead atoms. The number of nitrogens with zero attached hydrogens (tertiary/aromatic N) is 1. The minimum Gasteiger partial charge on any atom is -0.344 e. The second kappa shape index (κ2) is 7.88. The summed E-state index contributed by atoms with van der Waals surface area (Å²) >= 11 is 1.10. The Labute approximate surface area is 153 Å². The third-order valence-electron chi connectivity index (χ3n) is 3.72. The van der Waals surface area contributed by atoms with Crippen LogP contribution in [0.5, 0.6) is 0 Å². The van der Waals surface area contributed by atoms with Crippen LogP contribution in [0.3, 0.4) is 0 Å². The van der Waals surface area contributed by atoms with Gasteiger partial charge in [0, 0.05) is 5.38 Å². The molecule has 0 saturated heterocycles. The Balaban J connectivity index is 1.65. The monoisotopic (exact) mass is 369 g/mol. The molecular weight excluding hydrogens is 353 g/mol. The Morgan fingerprint density at radius 3 is 2.46 bits per heavy atom. The van der Waals surface area contributed by atoms with Gasteiger partial charge in [-0.1, -0.05) is 42.5 Å². The number of aromatic nitrogens is 1. The fourth-order valence-corrected chi connectivity index (χ4v) is 3.03.